The minimum absolute atomic E-state index is 0.243. The highest BCUT2D eigenvalue weighted by Gasteiger charge is 2.07. The molecule has 24 heavy (non-hydrogen) atoms. The summed E-state index contributed by atoms with van der Waals surface area (Å²) in [5.74, 6) is 1.31. The van der Waals surface area contributed by atoms with Crippen LogP contribution < -0.4 is 0 Å². The van der Waals surface area contributed by atoms with E-state index in [4.69, 9.17) is 51.1 Å². The lowest BCUT2D eigenvalue weighted by Gasteiger charge is -2.12. The summed E-state index contributed by atoms with van der Waals surface area (Å²) in [6, 6.07) is 10.8. The molecule has 0 aromatic heterocycles. The summed E-state index contributed by atoms with van der Waals surface area (Å²) in [6.45, 7) is 0.581. The van der Waals surface area contributed by atoms with E-state index in [0.29, 0.717) is 32.5 Å². The predicted molar refractivity (Wildman–Crippen MR) is 105 cm³/mol. The first kappa shape index (κ1) is 20.2. The minimum atomic E-state index is -0.552. The van der Waals surface area contributed by atoms with Crippen molar-refractivity contribution in [1.82, 2.24) is 0 Å². The second-order valence-electron chi connectivity index (χ2n) is 5.17. The monoisotopic (exact) mass is 424 g/mol. The van der Waals surface area contributed by atoms with E-state index >= 15 is 0 Å². The van der Waals surface area contributed by atoms with Gasteiger partial charge in [-0.2, -0.15) is 11.8 Å². The van der Waals surface area contributed by atoms with Gasteiger partial charge in [0.1, 0.15) is 0 Å². The van der Waals surface area contributed by atoms with Crippen LogP contribution >= 0.6 is 58.2 Å². The smallest absolute Gasteiger partial charge is 0.0864 e. The second-order valence-corrected chi connectivity index (χ2v) is 7.86. The molecule has 2 nitrogen and oxygen atoms in total. The number of thioether (sulfide) groups is 1. The molecule has 0 saturated carbocycles. The Morgan fingerprint density at radius 1 is 0.958 bits per heavy atom. The molecular formula is C17H16Cl4O2S. The lowest BCUT2D eigenvalue weighted by molar-refractivity contribution is 0.0398. The van der Waals surface area contributed by atoms with Gasteiger partial charge in [-0.1, -0.05) is 58.5 Å². The van der Waals surface area contributed by atoms with Crippen molar-refractivity contribution >= 4 is 58.2 Å². The van der Waals surface area contributed by atoms with Gasteiger partial charge in [-0.15, -0.1) is 0 Å². The molecular weight excluding hydrogens is 410 g/mol. The summed E-state index contributed by atoms with van der Waals surface area (Å²) in [5, 5.41) is 12.2. The Morgan fingerprint density at radius 3 is 2.46 bits per heavy atom. The van der Waals surface area contributed by atoms with Gasteiger partial charge < -0.3 is 9.84 Å². The van der Waals surface area contributed by atoms with Crippen LogP contribution in [0.25, 0.3) is 0 Å². The number of aliphatic hydroxyl groups excluding tert-OH is 1. The third-order valence-electron chi connectivity index (χ3n) is 3.15. The molecule has 2 aromatic rings. The second kappa shape index (κ2) is 10.1. The Morgan fingerprint density at radius 2 is 1.75 bits per heavy atom. The van der Waals surface area contributed by atoms with Crippen molar-refractivity contribution in [3.63, 3.8) is 0 Å². The lowest BCUT2D eigenvalue weighted by Crippen LogP contribution is -2.18. The van der Waals surface area contributed by atoms with Gasteiger partial charge in [0.2, 0.25) is 0 Å². The first-order valence-corrected chi connectivity index (χ1v) is 9.84. The molecule has 0 aliphatic heterocycles. The van der Waals surface area contributed by atoms with Crippen molar-refractivity contribution in [3.8, 4) is 0 Å². The molecule has 0 spiro atoms. The van der Waals surface area contributed by atoms with Crippen molar-refractivity contribution in [3.05, 3.63) is 67.6 Å². The summed E-state index contributed by atoms with van der Waals surface area (Å²) in [7, 11) is 0. The van der Waals surface area contributed by atoms with E-state index in [0.717, 1.165) is 16.9 Å². The number of aliphatic hydroxyl groups is 1. The van der Waals surface area contributed by atoms with Gasteiger partial charge in [0.15, 0.2) is 0 Å². The Labute approximate surface area is 166 Å². The molecule has 0 saturated heterocycles. The van der Waals surface area contributed by atoms with E-state index in [1.807, 2.05) is 18.2 Å². The minimum Gasteiger partial charge on any atom is -0.390 e. The highest BCUT2D eigenvalue weighted by atomic mass is 35.5. The molecule has 1 unspecified atom stereocenters. The maximum atomic E-state index is 9.97. The van der Waals surface area contributed by atoms with Crippen LogP contribution in [0, 0.1) is 0 Å². The number of halogens is 4. The van der Waals surface area contributed by atoms with Crippen LogP contribution in [0.5, 0.6) is 0 Å². The van der Waals surface area contributed by atoms with Gasteiger partial charge in [0.05, 0.1) is 29.4 Å². The Balaban J connectivity index is 1.67. The summed E-state index contributed by atoms with van der Waals surface area (Å²) in [6.07, 6.45) is -0.552. The quantitative estimate of drug-likeness (QED) is 0.553. The number of hydrogen-bond acceptors (Lipinski definition) is 3. The number of ether oxygens (including phenoxy) is 1. The zero-order valence-corrected chi connectivity index (χ0v) is 16.5. The Bertz CT molecular complexity index is 682. The molecule has 0 heterocycles. The fourth-order valence-electron chi connectivity index (χ4n) is 1.93. The van der Waals surface area contributed by atoms with Gasteiger partial charge in [-0.25, -0.2) is 0 Å². The lowest BCUT2D eigenvalue weighted by atomic mass is 10.2. The molecule has 7 heteroatoms. The Kier molecular flexibility index (Phi) is 8.52. The van der Waals surface area contributed by atoms with Crippen LogP contribution in [-0.2, 0) is 17.1 Å². The van der Waals surface area contributed by atoms with E-state index in [2.05, 4.69) is 0 Å². The fourth-order valence-corrected chi connectivity index (χ4v) is 3.62. The zero-order valence-electron chi connectivity index (χ0n) is 12.6. The van der Waals surface area contributed by atoms with Crippen LogP contribution in [0.4, 0.5) is 0 Å². The van der Waals surface area contributed by atoms with Gasteiger partial charge in [-0.05, 0) is 35.4 Å². The Hall–Kier alpha value is -0.130. The first-order chi connectivity index (χ1) is 11.5. The molecule has 0 radical (unpaired) electrons. The van der Waals surface area contributed by atoms with E-state index in [9.17, 15) is 5.11 Å². The van der Waals surface area contributed by atoms with Crippen molar-refractivity contribution < 1.29 is 9.84 Å². The molecule has 0 fully saturated rings. The van der Waals surface area contributed by atoms with Gasteiger partial charge in [0.25, 0.3) is 0 Å². The highest BCUT2D eigenvalue weighted by Crippen LogP contribution is 2.25. The SMILES string of the molecule is OC(COCc1ccc(Cl)cc1Cl)CSCc1ccc(Cl)c(Cl)c1. The van der Waals surface area contributed by atoms with Crippen LogP contribution in [-0.4, -0.2) is 23.6 Å². The van der Waals surface area contributed by atoms with Gasteiger partial charge >= 0.3 is 0 Å². The summed E-state index contributed by atoms with van der Waals surface area (Å²) >= 11 is 25.4. The zero-order chi connectivity index (χ0) is 17.5. The maximum absolute atomic E-state index is 9.97. The van der Waals surface area contributed by atoms with Gasteiger partial charge in [0, 0.05) is 21.6 Å². The highest BCUT2D eigenvalue weighted by molar-refractivity contribution is 7.98. The summed E-state index contributed by atoms with van der Waals surface area (Å²) in [4.78, 5) is 0. The number of rotatable bonds is 8. The molecule has 1 atom stereocenters. The topological polar surface area (TPSA) is 29.5 Å². The molecule has 0 amide bonds. The molecule has 0 bridgehead atoms. The van der Waals surface area contributed by atoms with E-state index < -0.39 is 6.10 Å². The largest absolute Gasteiger partial charge is 0.390 e. The van der Waals surface area contributed by atoms with Crippen molar-refractivity contribution in [2.45, 2.75) is 18.5 Å². The molecule has 1 N–H and O–H groups in total. The fraction of sp³-hybridized carbons (Fsp3) is 0.294. The van der Waals surface area contributed by atoms with Crippen LogP contribution in [0.2, 0.25) is 20.1 Å². The maximum Gasteiger partial charge on any atom is 0.0864 e. The first-order valence-electron chi connectivity index (χ1n) is 7.17. The third-order valence-corrected chi connectivity index (χ3v) is 5.63. The summed E-state index contributed by atoms with van der Waals surface area (Å²) < 4.78 is 5.51. The van der Waals surface area contributed by atoms with Crippen molar-refractivity contribution in [2.24, 2.45) is 0 Å². The van der Waals surface area contributed by atoms with Crippen LogP contribution in [0.15, 0.2) is 36.4 Å². The average Bonchev–Trinajstić information content (AvgIpc) is 2.53. The van der Waals surface area contributed by atoms with E-state index in [1.54, 1.807) is 30.0 Å². The van der Waals surface area contributed by atoms with Gasteiger partial charge in [-0.3, -0.25) is 0 Å². The molecule has 0 aliphatic rings. The summed E-state index contributed by atoms with van der Waals surface area (Å²) in [5.41, 5.74) is 1.91. The molecule has 2 aromatic carbocycles. The normalized spacial score (nSPS) is 12.4. The van der Waals surface area contributed by atoms with E-state index in [1.165, 1.54) is 0 Å². The number of benzene rings is 2. The van der Waals surface area contributed by atoms with Crippen molar-refractivity contribution in [2.75, 3.05) is 12.4 Å². The van der Waals surface area contributed by atoms with Crippen LogP contribution in [0.3, 0.4) is 0 Å². The third kappa shape index (κ3) is 6.64. The van der Waals surface area contributed by atoms with Crippen LogP contribution in [0.1, 0.15) is 11.1 Å². The predicted octanol–water partition coefficient (Wildman–Crippen LogP) is 6.11. The molecule has 0 aliphatic carbocycles. The standard InChI is InChI=1S/C17H16Cl4O2S/c18-13-3-2-12(16(20)6-13)7-23-8-14(22)10-24-9-11-1-4-15(19)17(21)5-11/h1-6,14,22H,7-10H2. The van der Waals surface area contributed by atoms with E-state index in [-0.39, 0.29) is 6.61 Å². The molecule has 2 rings (SSSR count). The van der Waals surface area contributed by atoms with Crippen molar-refractivity contribution in [1.29, 1.82) is 0 Å². The number of hydrogen-bond donors (Lipinski definition) is 1. The average molecular weight is 426 g/mol. The molecule has 130 valence electrons.